The lowest BCUT2D eigenvalue weighted by atomic mass is 9.99. The molecule has 0 radical (unpaired) electrons. The molecule has 1 aliphatic heterocycles. The third-order valence-corrected chi connectivity index (χ3v) is 5.40. The molecule has 3 aromatic rings. The number of anilines is 2. The molecule has 6 nitrogen and oxygen atoms in total. The Morgan fingerprint density at radius 3 is 2.85 bits per heavy atom. The van der Waals surface area contributed by atoms with Crippen molar-refractivity contribution in [2.45, 2.75) is 20.3 Å². The predicted molar refractivity (Wildman–Crippen MR) is 107 cm³/mol. The number of amides is 1. The Morgan fingerprint density at radius 2 is 2.11 bits per heavy atom. The van der Waals surface area contributed by atoms with Gasteiger partial charge in [-0.25, -0.2) is 9.97 Å². The Kier molecular flexibility index (Phi) is 4.85. The molecular formula is C20H21N5OS. The molecule has 0 spiro atoms. The molecule has 1 fully saturated rings. The van der Waals surface area contributed by atoms with Crippen molar-refractivity contribution in [3.05, 3.63) is 64.6 Å². The molecule has 1 amide bonds. The Hall–Kier alpha value is -2.80. The van der Waals surface area contributed by atoms with E-state index in [1.165, 1.54) is 22.5 Å². The lowest BCUT2D eigenvalue weighted by Crippen LogP contribution is -2.52. The second-order valence-electron chi connectivity index (χ2n) is 6.90. The number of carbonyl (C=O) groups is 1. The van der Waals surface area contributed by atoms with Gasteiger partial charge in [0.05, 0.1) is 17.8 Å². The van der Waals surface area contributed by atoms with Gasteiger partial charge in [0.1, 0.15) is 5.82 Å². The summed E-state index contributed by atoms with van der Waals surface area (Å²) in [7, 11) is 0. The second-order valence-corrected chi connectivity index (χ2v) is 8.14. The molecule has 138 valence electrons. The summed E-state index contributed by atoms with van der Waals surface area (Å²) in [6.07, 6.45) is 6.09. The minimum absolute atomic E-state index is 0.0180. The number of rotatable bonds is 5. The van der Waals surface area contributed by atoms with Crippen molar-refractivity contribution >= 4 is 28.2 Å². The van der Waals surface area contributed by atoms with Crippen LogP contribution in [-0.4, -0.2) is 33.9 Å². The molecule has 27 heavy (non-hydrogen) atoms. The van der Waals surface area contributed by atoms with E-state index in [-0.39, 0.29) is 11.8 Å². The first kappa shape index (κ1) is 17.6. The molecule has 4 rings (SSSR count). The quantitative estimate of drug-likeness (QED) is 0.737. The van der Waals surface area contributed by atoms with Crippen molar-refractivity contribution in [2.24, 2.45) is 5.92 Å². The molecule has 2 aromatic heterocycles. The van der Waals surface area contributed by atoms with Crippen molar-refractivity contribution in [1.29, 1.82) is 0 Å². The fraction of sp³-hybridized carbons (Fsp3) is 0.300. The van der Waals surface area contributed by atoms with E-state index in [0.29, 0.717) is 18.2 Å². The molecule has 3 heterocycles. The van der Waals surface area contributed by atoms with Crippen LogP contribution in [0.5, 0.6) is 0 Å². The minimum Gasteiger partial charge on any atom is -0.354 e. The van der Waals surface area contributed by atoms with Gasteiger partial charge in [-0.3, -0.25) is 9.78 Å². The SMILES string of the molecule is Cc1cccc(Cc2cncc(N3CC(C(=O)Nc4ncc(C)s4)C3)n2)c1. The fourth-order valence-electron chi connectivity index (χ4n) is 3.12. The van der Waals surface area contributed by atoms with Crippen LogP contribution in [0.4, 0.5) is 10.9 Å². The summed E-state index contributed by atoms with van der Waals surface area (Å²) in [5.74, 6) is 0.801. The highest BCUT2D eigenvalue weighted by molar-refractivity contribution is 7.15. The summed E-state index contributed by atoms with van der Waals surface area (Å²) in [5, 5.41) is 3.55. The highest BCUT2D eigenvalue weighted by Gasteiger charge is 2.34. The van der Waals surface area contributed by atoms with Crippen molar-refractivity contribution in [1.82, 2.24) is 15.0 Å². The molecule has 0 saturated carbocycles. The van der Waals surface area contributed by atoms with Gasteiger partial charge in [-0.2, -0.15) is 0 Å². The van der Waals surface area contributed by atoms with Crippen LogP contribution in [0.2, 0.25) is 0 Å². The van der Waals surface area contributed by atoms with Crippen molar-refractivity contribution in [3.63, 3.8) is 0 Å². The molecule has 1 aromatic carbocycles. The van der Waals surface area contributed by atoms with Gasteiger partial charge in [-0.1, -0.05) is 29.8 Å². The molecule has 1 aliphatic rings. The number of hydrogen-bond donors (Lipinski definition) is 1. The summed E-state index contributed by atoms with van der Waals surface area (Å²) >= 11 is 1.49. The van der Waals surface area contributed by atoms with Crippen LogP contribution in [-0.2, 0) is 11.2 Å². The zero-order chi connectivity index (χ0) is 18.8. The molecule has 0 atom stereocenters. The number of carbonyl (C=O) groups excluding carboxylic acids is 1. The van der Waals surface area contributed by atoms with E-state index in [1.807, 2.05) is 6.92 Å². The van der Waals surface area contributed by atoms with Gasteiger partial charge in [0.2, 0.25) is 5.91 Å². The lowest BCUT2D eigenvalue weighted by Gasteiger charge is -2.38. The normalized spacial score (nSPS) is 14.1. The van der Waals surface area contributed by atoms with Crippen LogP contribution in [0.1, 0.15) is 21.7 Å². The van der Waals surface area contributed by atoms with E-state index in [2.05, 4.69) is 51.4 Å². The first-order chi connectivity index (χ1) is 13.1. The monoisotopic (exact) mass is 379 g/mol. The van der Waals surface area contributed by atoms with Crippen molar-refractivity contribution in [3.8, 4) is 0 Å². The van der Waals surface area contributed by atoms with E-state index < -0.39 is 0 Å². The lowest BCUT2D eigenvalue weighted by molar-refractivity contribution is -0.120. The van der Waals surface area contributed by atoms with Crippen LogP contribution in [0, 0.1) is 19.8 Å². The van der Waals surface area contributed by atoms with Crippen molar-refractivity contribution in [2.75, 3.05) is 23.3 Å². The number of thiazole rings is 1. The van der Waals surface area contributed by atoms with E-state index in [4.69, 9.17) is 4.98 Å². The van der Waals surface area contributed by atoms with E-state index in [9.17, 15) is 4.79 Å². The van der Waals surface area contributed by atoms with Gasteiger partial charge in [0, 0.05) is 36.8 Å². The Morgan fingerprint density at radius 1 is 1.26 bits per heavy atom. The molecular weight excluding hydrogens is 358 g/mol. The summed E-state index contributed by atoms with van der Waals surface area (Å²) in [6, 6.07) is 8.42. The molecule has 1 N–H and O–H groups in total. The van der Waals surface area contributed by atoms with Gasteiger partial charge in [0.15, 0.2) is 5.13 Å². The molecule has 0 bridgehead atoms. The Bertz CT molecular complexity index is 964. The van der Waals surface area contributed by atoms with Crippen LogP contribution in [0.25, 0.3) is 0 Å². The Balaban J connectivity index is 1.36. The first-order valence-corrected chi connectivity index (χ1v) is 9.73. The number of nitrogens with one attached hydrogen (secondary N) is 1. The number of nitrogens with zero attached hydrogens (tertiary/aromatic N) is 4. The average Bonchev–Trinajstić information content (AvgIpc) is 2.99. The number of aromatic nitrogens is 3. The summed E-state index contributed by atoms with van der Waals surface area (Å²) in [5.41, 5.74) is 3.40. The Labute approximate surface area is 162 Å². The van der Waals surface area contributed by atoms with Crippen LogP contribution >= 0.6 is 11.3 Å². The smallest absolute Gasteiger partial charge is 0.232 e. The molecule has 1 saturated heterocycles. The van der Waals surface area contributed by atoms with Gasteiger partial charge < -0.3 is 10.2 Å². The van der Waals surface area contributed by atoms with Gasteiger partial charge in [-0.05, 0) is 19.4 Å². The maximum atomic E-state index is 12.3. The van der Waals surface area contributed by atoms with Gasteiger partial charge >= 0.3 is 0 Å². The molecule has 0 unspecified atom stereocenters. The topological polar surface area (TPSA) is 71.0 Å². The summed E-state index contributed by atoms with van der Waals surface area (Å²) < 4.78 is 0. The maximum Gasteiger partial charge on any atom is 0.232 e. The van der Waals surface area contributed by atoms with E-state index >= 15 is 0 Å². The standard InChI is InChI=1S/C20H21N5OS/c1-13-4-3-5-15(6-13)7-17-9-21-10-18(23-17)25-11-16(12-25)19(26)24-20-22-8-14(2)27-20/h3-6,8-10,16H,7,11-12H2,1-2H3,(H,22,24,26). The molecule has 0 aliphatic carbocycles. The number of hydrogen-bond acceptors (Lipinski definition) is 6. The first-order valence-electron chi connectivity index (χ1n) is 8.91. The average molecular weight is 379 g/mol. The number of benzene rings is 1. The van der Waals surface area contributed by atoms with Crippen molar-refractivity contribution < 1.29 is 4.79 Å². The predicted octanol–water partition coefficient (Wildman–Crippen LogP) is 3.22. The zero-order valence-electron chi connectivity index (χ0n) is 15.3. The maximum absolute atomic E-state index is 12.3. The number of aryl methyl sites for hydroxylation is 2. The zero-order valence-corrected chi connectivity index (χ0v) is 16.2. The van der Waals surface area contributed by atoms with Crippen LogP contribution < -0.4 is 10.2 Å². The fourth-order valence-corrected chi connectivity index (χ4v) is 3.78. The third-order valence-electron chi connectivity index (χ3n) is 4.57. The third kappa shape index (κ3) is 4.14. The molecule has 7 heteroatoms. The summed E-state index contributed by atoms with van der Waals surface area (Å²) in [4.78, 5) is 28.7. The van der Waals surface area contributed by atoms with Gasteiger partial charge in [-0.15, -0.1) is 11.3 Å². The van der Waals surface area contributed by atoms with Gasteiger partial charge in [0.25, 0.3) is 0 Å². The second kappa shape index (κ2) is 7.44. The minimum atomic E-state index is -0.0450. The van der Waals surface area contributed by atoms with Crippen LogP contribution in [0.15, 0.2) is 42.9 Å². The summed E-state index contributed by atoms with van der Waals surface area (Å²) in [6.45, 7) is 5.36. The van der Waals surface area contributed by atoms with E-state index in [0.717, 1.165) is 22.8 Å². The van der Waals surface area contributed by atoms with E-state index in [1.54, 1.807) is 18.6 Å². The highest BCUT2D eigenvalue weighted by Crippen LogP contribution is 2.25. The van der Waals surface area contributed by atoms with Crippen LogP contribution in [0.3, 0.4) is 0 Å². The largest absolute Gasteiger partial charge is 0.354 e. The highest BCUT2D eigenvalue weighted by atomic mass is 32.1.